The fourth-order valence-electron chi connectivity index (χ4n) is 10.1. The molecule has 9 aromatic carbocycles. The zero-order valence-corrected chi connectivity index (χ0v) is 31.7. The van der Waals surface area contributed by atoms with Crippen molar-refractivity contribution in [2.75, 3.05) is 4.90 Å². The lowest BCUT2D eigenvalue weighted by Gasteiger charge is -2.32. The summed E-state index contributed by atoms with van der Waals surface area (Å²) in [6.45, 7) is 0. The number of rotatable bonds is 4. The van der Waals surface area contributed by atoms with Crippen LogP contribution in [0, 0.1) is 0 Å². The molecule has 4 nitrogen and oxygen atoms in total. The Labute approximate surface area is 340 Å². The summed E-state index contributed by atoms with van der Waals surface area (Å²) in [5.74, 6) is 2.74. The van der Waals surface area contributed by atoms with Gasteiger partial charge in [0.1, 0.15) is 11.2 Å². The molecule has 1 aromatic heterocycles. The molecule has 2 aliphatic carbocycles. The number of fused-ring (bicyclic) bond motifs is 15. The number of anilines is 3. The molecule has 1 spiro atoms. The van der Waals surface area contributed by atoms with Gasteiger partial charge >= 0.3 is 0 Å². The van der Waals surface area contributed by atoms with Crippen molar-refractivity contribution in [3.05, 3.63) is 222 Å². The van der Waals surface area contributed by atoms with Gasteiger partial charge in [0.25, 0.3) is 0 Å². The first-order chi connectivity index (χ1) is 29.2. The molecule has 0 N–H and O–H groups in total. The van der Waals surface area contributed by atoms with Crippen LogP contribution in [0.15, 0.2) is 205 Å². The number of ether oxygens (including phenoxy) is 2. The zero-order valence-electron chi connectivity index (χ0n) is 31.7. The molecular weight excluding hydrogens is 723 g/mol. The topological polar surface area (TPSA) is 34.8 Å². The molecule has 0 atom stereocenters. The highest BCUT2D eigenvalue weighted by molar-refractivity contribution is 6.06. The fourth-order valence-corrected chi connectivity index (χ4v) is 10.1. The first kappa shape index (κ1) is 32.3. The average molecular weight is 756 g/mol. The van der Waals surface area contributed by atoms with Crippen molar-refractivity contribution in [3.63, 3.8) is 0 Å². The third-order valence-corrected chi connectivity index (χ3v) is 12.5. The molecule has 0 saturated heterocycles. The molecule has 0 amide bonds. The Bertz CT molecular complexity index is 3300. The molecule has 0 saturated carbocycles. The Hall–Kier alpha value is -7.82. The molecule has 0 bridgehead atoms. The smallest absolute Gasteiger partial charge is 0.194 e. The van der Waals surface area contributed by atoms with Crippen LogP contribution >= 0.6 is 0 Å². The monoisotopic (exact) mass is 755 g/mol. The summed E-state index contributed by atoms with van der Waals surface area (Å²) < 4.78 is 20.1. The van der Waals surface area contributed by atoms with Crippen LogP contribution in [-0.4, -0.2) is 0 Å². The fraction of sp³-hybridized carbons (Fsp3) is 0.0182. The van der Waals surface area contributed by atoms with E-state index in [0.717, 1.165) is 55.7 Å². The molecule has 2 heterocycles. The number of furan rings is 1. The number of hydrogen-bond donors (Lipinski definition) is 0. The Kier molecular flexibility index (Phi) is 6.62. The first-order valence-electron chi connectivity index (χ1n) is 20.1. The third kappa shape index (κ3) is 4.48. The highest BCUT2D eigenvalue weighted by Gasteiger charge is 2.52. The van der Waals surface area contributed by atoms with E-state index in [1.54, 1.807) is 0 Å². The highest BCUT2D eigenvalue weighted by atomic mass is 16.6. The molecule has 276 valence electrons. The molecule has 1 aliphatic heterocycles. The average Bonchev–Trinajstić information content (AvgIpc) is 3.92. The van der Waals surface area contributed by atoms with Gasteiger partial charge in [-0.1, -0.05) is 133 Å². The van der Waals surface area contributed by atoms with E-state index in [1.165, 1.54) is 38.9 Å². The molecule has 13 rings (SSSR count). The first-order valence-corrected chi connectivity index (χ1v) is 20.1. The van der Waals surface area contributed by atoms with Gasteiger partial charge in [0.15, 0.2) is 23.0 Å². The molecule has 59 heavy (non-hydrogen) atoms. The van der Waals surface area contributed by atoms with E-state index < -0.39 is 5.41 Å². The van der Waals surface area contributed by atoms with Gasteiger partial charge in [0.2, 0.25) is 0 Å². The van der Waals surface area contributed by atoms with Gasteiger partial charge < -0.3 is 18.8 Å². The Balaban J connectivity index is 0.926. The maximum Gasteiger partial charge on any atom is 0.194 e. The van der Waals surface area contributed by atoms with E-state index in [4.69, 9.17) is 13.9 Å². The predicted octanol–water partition coefficient (Wildman–Crippen LogP) is 15.0. The SMILES string of the molecule is c1ccc(N(c2ccc(-c3ccc4oc5ccccc5c4c3)cc2)c2cccc3c2Oc2cc4c(cc2O3)C2(c3ccccc3-c3ccccc32)c2ccccc2-4)cc1. The van der Waals surface area contributed by atoms with Gasteiger partial charge in [-0.2, -0.15) is 0 Å². The number of nitrogens with zero attached hydrogens (tertiary/aromatic N) is 1. The van der Waals surface area contributed by atoms with Gasteiger partial charge in [-0.3, -0.25) is 0 Å². The lowest BCUT2D eigenvalue weighted by Crippen LogP contribution is -2.25. The van der Waals surface area contributed by atoms with E-state index in [1.807, 2.05) is 30.3 Å². The van der Waals surface area contributed by atoms with Crippen molar-refractivity contribution >= 4 is 39.0 Å². The van der Waals surface area contributed by atoms with Crippen LogP contribution in [0.3, 0.4) is 0 Å². The van der Waals surface area contributed by atoms with E-state index in [2.05, 4.69) is 175 Å². The highest BCUT2D eigenvalue weighted by Crippen LogP contribution is 2.65. The lowest BCUT2D eigenvalue weighted by molar-refractivity contribution is 0.360. The van der Waals surface area contributed by atoms with Crippen LogP contribution in [0.4, 0.5) is 17.1 Å². The summed E-state index contributed by atoms with van der Waals surface area (Å²) in [5, 5.41) is 2.24. The maximum atomic E-state index is 7.05. The third-order valence-electron chi connectivity index (χ3n) is 12.5. The minimum Gasteiger partial charge on any atom is -0.456 e. The lowest BCUT2D eigenvalue weighted by atomic mass is 9.70. The predicted molar refractivity (Wildman–Crippen MR) is 237 cm³/mol. The summed E-state index contributed by atoms with van der Waals surface area (Å²) in [7, 11) is 0. The minimum absolute atomic E-state index is 0.464. The second-order valence-electron chi connectivity index (χ2n) is 15.6. The summed E-state index contributed by atoms with van der Waals surface area (Å²) in [6, 6.07) is 71.0. The Morgan fingerprint density at radius 1 is 0.356 bits per heavy atom. The van der Waals surface area contributed by atoms with Gasteiger partial charge in [-0.05, 0) is 122 Å². The van der Waals surface area contributed by atoms with E-state index >= 15 is 0 Å². The van der Waals surface area contributed by atoms with Crippen LogP contribution in [0.5, 0.6) is 23.0 Å². The second-order valence-corrected chi connectivity index (χ2v) is 15.6. The molecule has 3 aliphatic rings. The van der Waals surface area contributed by atoms with E-state index in [-0.39, 0.29) is 0 Å². The summed E-state index contributed by atoms with van der Waals surface area (Å²) >= 11 is 0. The van der Waals surface area contributed by atoms with Crippen molar-refractivity contribution in [2.24, 2.45) is 0 Å². The Morgan fingerprint density at radius 2 is 0.949 bits per heavy atom. The van der Waals surface area contributed by atoms with Crippen LogP contribution < -0.4 is 14.4 Å². The molecular formula is C55H33NO3. The van der Waals surface area contributed by atoms with Crippen molar-refractivity contribution in [1.29, 1.82) is 0 Å². The van der Waals surface area contributed by atoms with Gasteiger partial charge in [0.05, 0.1) is 11.1 Å². The van der Waals surface area contributed by atoms with Crippen molar-refractivity contribution in [3.8, 4) is 56.4 Å². The second kappa shape index (κ2) is 12.1. The Morgan fingerprint density at radius 3 is 1.69 bits per heavy atom. The van der Waals surface area contributed by atoms with Crippen molar-refractivity contribution < 1.29 is 13.9 Å². The van der Waals surface area contributed by atoms with Crippen LogP contribution in [0.1, 0.15) is 22.3 Å². The van der Waals surface area contributed by atoms with E-state index in [0.29, 0.717) is 23.0 Å². The van der Waals surface area contributed by atoms with Crippen LogP contribution in [-0.2, 0) is 5.41 Å². The molecule has 10 aromatic rings. The molecule has 4 heteroatoms. The molecule has 0 unspecified atom stereocenters. The largest absolute Gasteiger partial charge is 0.456 e. The standard InChI is InChI=1S/C55H33NO3/c1-2-13-36(14-3-1)56(37-28-25-34(26-29-37)35-27-30-50-43(31-35)41-18-7-11-23-49(41)57-50)48-22-12-24-51-54(48)59-52-32-42-40-17-6-10-21-46(40)55(47(42)33-53(52)58-51)44-19-8-4-15-38(44)39-16-5-9-20-45(39)55/h1-33H. The van der Waals surface area contributed by atoms with Gasteiger partial charge in [-0.15, -0.1) is 0 Å². The minimum atomic E-state index is -0.464. The van der Waals surface area contributed by atoms with Gasteiger partial charge in [-0.25, -0.2) is 0 Å². The summed E-state index contributed by atoms with van der Waals surface area (Å²) in [4.78, 5) is 2.24. The van der Waals surface area contributed by atoms with Crippen molar-refractivity contribution in [1.82, 2.24) is 0 Å². The molecule has 0 radical (unpaired) electrons. The van der Waals surface area contributed by atoms with Crippen LogP contribution in [0.25, 0.3) is 55.3 Å². The summed E-state index contributed by atoms with van der Waals surface area (Å²) in [5.41, 5.74) is 16.5. The summed E-state index contributed by atoms with van der Waals surface area (Å²) in [6.07, 6.45) is 0. The number of hydrogen-bond acceptors (Lipinski definition) is 4. The quantitative estimate of drug-likeness (QED) is 0.179. The van der Waals surface area contributed by atoms with Crippen molar-refractivity contribution in [2.45, 2.75) is 5.41 Å². The van der Waals surface area contributed by atoms with E-state index in [9.17, 15) is 0 Å². The van der Waals surface area contributed by atoms with Crippen LogP contribution in [0.2, 0.25) is 0 Å². The maximum absolute atomic E-state index is 7.05. The number of benzene rings is 9. The molecule has 0 fully saturated rings. The number of para-hydroxylation sites is 3. The zero-order chi connectivity index (χ0) is 38.7. The normalized spacial score (nSPS) is 13.5. The van der Waals surface area contributed by atoms with Gasteiger partial charge in [0, 0.05) is 22.1 Å².